The highest BCUT2D eigenvalue weighted by atomic mass is 79.9. The van der Waals surface area contributed by atoms with Crippen molar-refractivity contribution in [3.63, 3.8) is 0 Å². The minimum absolute atomic E-state index is 0.137. The van der Waals surface area contributed by atoms with E-state index in [0.717, 1.165) is 0 Å². The Bertz CT molecular complexity index is 736. The number of methoxy groups -OCH3 is 1. The molecule has 6 nitrogen and oxygen atoms in total. The molecular weight excluding hydrogens is 364 g/mol. The van der Waals surface area contributed by atoms with Crippen LogP contribution in [0.1, 0.15) is 10.4 Å². The van der Waals surface area contributed by atoms with Gasteiger partial charge in [-0.05, 0) is 28.1 Å². The lowest BCUT2D eigenvalue weighted by atomic mass is 10.1. The number of pyridine rings is 1. The molecule has 1 heterocycles. The number of hydrogen-bond acceptors (Lipinski definition) is 5. The van der Waals surface area contributed by atoms with Crippen molar-refractivity contribution in [2.24, 2.45) is 0 Å². The molecule has 0 bridgehead atoms. The molecule has 0 unspecified atom stereocenters. The van der Waals surface area contributed by atoms with Crippen LogP contribution in [0.3, 0.4) is 0 Å². The Labute approximate surface area is 133 Å². The van der Waals surface area contributed by atoms with Gasteiger partial charge in [0, 0.05) is 22.3 Å². The topological polar surface area (TPSA) is 82.3 Å². The largest absolute Gasteiger partial charge is 0.465 e. The Morgan fingerprint density at radius 3 is 2.71 bits per heavy atom. The van der Waals surface area contributed by atoms with E-state index < -0.39 is 10.9 Å². The fraction of sp³-hybridized carbons (Fsp3) is 0.0769. The number of nitrogens with zero attached hydrogens (tertiary/aromatic N) is 2. The number of ether oxygens (including phenoxy) is 1. The van der Waals surface area contributed by atoms with Gasteiger partial charge in [-0.1, -0.05) is 17.7 Å². The number of aromatic nitrogens is 1. The van der Waals surface area contributed by atoms with Crippen molar-refractivity contribution in [2.45, 2.75) is 0 Å². The molecule has 0 fully saturated rings. The predicted octanol–water partition coefficient (Wildman–Crippen LogP) is 3.86. The Balaban J connectivity index is 2.56. The second kappa shape index (κ2) is 6.19. The number of esters is 1. The van der Waals surface area contributed by atoms with Gasteiger partial charge in [0.25, 0.3) is 5.69 Å². The summed E-state index contributed by atoms with van der Waals surface area (Å²) in [5.41, 5.74) is 0.627. The van der Waals surface area contributed by atoms with Gasteiger partial charge in [0.05, 0.1) is 22.6 Å². The number of halogens is 2. The Kier molecular flexibility index (Phi) is 4.54. The SMILES string of the molecule is COC(=O)c1ccc(-c2ncc(Br)cc2[N+](=O)[O-])cc1Cl. The summed E-state index contributed by atoms with van der Waals surface area (Å²) in [7, 11) is 1.24. The molecular formula is C13H8BrClN2O4. The molecule has 0 aliphatic heterocycles. The monoisotopic (exact) mass is 370 g/mol. The summed E-state index contributed by atoms with van der Waals surface area (Å²) < 4.78 is 5.08. The molecule has 0 aliphatic rings. The van der Waals surface area contributed by atoms with E-state index in [2.05, 4.69) is 25.7 Å². The highest BCUT2D eigenvalue weighted by Crippen LogP contribution is 2.32. The maximum Gasteiger partial charge on any atom is 0.339 e. The molecule has 2 aromatic rings. The first-order valence-corrected chi connectivity index (χ1v) is 6.79. The highest BCUT2D eigenvalue weighted by molar-refractivity contribution is 9.10. The summed E-state index contributed by atoms with van der Waals surface area (Å²) in [6.07, 6.45) is 1.45. The van der Waals surface area contributed by atoms with E-state index in [9.17, 15) is 14.9 Å². The summed E-state index contributed by atoms with van der Waals surface area (Å²) >= 11 is 9.15. The molecule has 0 N–H and O–H groups in total. The van der Waals surface area contributed by atoms with Gasteiger partial charge in [0.1, 0.15) is 5.69 Å². The summed E-state index contributed by atoms with van der Waals surface area (Å²) in [6.45, 7) is 0. The molecule has 0 saturated carbocycles. The van der Waals surface area contributed by atoms with Crippen molar-refractivity contribution in [1.82, 2.24) is 4.98 Å². The summed E-state index contributed by atoms with van der Waals surface area (Å²) in [5, 5.41) is 11.2. The average Bonchev–Trinajstić information content (AvgIpc) is 2.46. The summed E-state index contributed by atoms with van der Waals surface area (Å²) in [5.74, 6) is -0.579. The quantitative estimate of drug-likeness (QED) is 0.465. The Morgan fingerprint density at radius 1 is 1.43 bits per heavy atom. The van der Waals surface area contributed by atoms with Gasteiger partial charge in [-0.25, -0.2) is 9.78 Å². The number of rotatable bonds is 3. The van der Waals surface area contributed by atoms with Gasteiger partial charge < -0.3 is 4.74 Å². The first-order valence-electron chi connectivity index (χ1n) is 5.62. The average molecular weight is 372 g/mol. The standard InChI is InChI=1S/C13H8BrClN2O4/c1-21-13(18)9-3-2-7(4-10(9)15)12-11(17(19)20)5-8(14)6-16-12/h2-6H,1H3. The number of hydrogen-bond donors (Lipinski definition) is 0. The molecule has 0 saturated heterocycles. The lowest BCUT2D eigenvalue weighted by Crippen LogP contribution is -2.02. The van der Waals surface area contributed by atoms with Gasteiger partial charge >= 0.3 is 5.97 Å². The van der Waals surface area contributed by atoms with Crippen LogP contribution in [0.5, 0.6) is 0 Å². The molecule has 0 atom stereocenters. The summed E-state index contributed by atoms with van der Waals surface area (Å²) in [6, 6.07) is 5.76. The molecule has 0 amide bonds. The van der Waals surface area contributed by atoms with Crippen LogP contribution in [-0.2, 0) is 4.74 Å². The number of carbonyl (C=O) groups is 1. The minimum Gasteiger partial charge on any atom is -0.465 e. The molecule has 0 radical (unpaired) electrons. The number of carbonyl (C=O) groups excluding carboxylic acids is 1. The van der Waals surface area contributed by atoms with E-state index in [1.807, 2.05) is 0 Å². The maximum atomic E-state index is 11.5. The van der Waals surface area contributed by atoms with E-state index in [0.29, 0.717) is 10.0 Å². The smallest absolute Gasteiger partial charge is 0.339 e. The van der Waals surface area contributed by atoms with Crippen molar-refractivity contribution < 1.29 is 14.5 Å². The first-order chi connectivity index (χ1) is 9.93. The second-order valence-corrected chi connectivity index (χ2v) is 5.29. The highest BCUT2D eigenvalue weighted by Gasteiger charge is 2.19. The lowest BCUT2D eigenvalue weighted by Gasteiger charge is -2.06. The van der Waals surface area contributed by atoms with Crippen LogP contribution in [-0.4, -0.2) is 23.0 Å². The van der Waals surface area contributed by atoms with Gasteiger partial charge in [0.15, 0.2) is 0 Å². The van der Waals surface area contributed by atoms with E-state index in [1.54, 1.807) is 0 Å². The Morgan fingerprint density at radius 2 is 2.14 bits per heavy atom. The van der Waals surface area contributed by atoms with Crippen molar-refractivity contribution in [3.05, 3.63) is 55.6 Å². The van der Waals surface area contributed by atoms with Gasteiger partial charge in [-0.3, -0.25) is 10.1 Å². The number of nitro groups is 1. The lowest BCUT2D eigenvalue weighted by molar-refractivity contribution is -0.384. The van der Waals surface area contributed by atoms with Crippen molar-refractivity contribution >= 4 is 39.2 Å². The second-order valence-electron chi connectivity index (χ2n) is 3.96. The van der Waals surface area contributed by atoms with Gasteiger partial charge in [-0.15, -0.1) is 0 Å². The van der Waals surface area contributed by atoms with Crippen LogP contribution in [0.4, 0.5) is 5.69 Å². The maximum absolute atomic E-state index is 11.5. The molecule has 1 aromatic carbocycles. The van der Waals surface area contributed by atoms with Crippen LogP contribution in [0.2, 0.25) is 5.02 Å². The molecule has 21 heavy (non-hydrogen) atoms. The molecule has 0 spiro atoms. The third-order valence-electron chi connectivity index (χ3n) is 2.68. The third-order valence-corrected chi connectivity index (χ3v) is 3.43. The van der Waals surface area contributed by atoms with Crippen molar-refractivity contribution in [3.8, 4) is 11.3 Å². The van der Waals surface area contributed by atoms with Crippen molar-refractivity contribution in [1.29, 1.82) is 0 Å². The molecule has 2 rings (SSSR count). The molecule has 8 heteroatoms. The van der Waals surface area contributed by atoms with Crippen LogP contribution in [0, 0.1) is 10.1 Å². The van der Waals surface area contributed by atoms with E-state index in [1.165, 1.54) is 37.6 Å². The van der Waals surface area contributed by atoms with E-state index >= 15 is 0 Å². The van der Waals surface area contributed by atoms with E-state index in [4.69, 9.17) is 11.6 Å². The molecule has 1 aromatic heterocycles. The number of benzene rings is 1. The van der Waals surface area contributed by atoms with Gasteiger partial charge in [-0.2, -0.15) is 0 Å². The minimum atomic E-state index is -0.579. The van der Waals surface area contributed by atoms with Crippen molar-refractivity contribution in [2.75, 3.05) is 7.11 Å². The first kappa shape index (κ1) is 15.4. The zero-order valence-electron chi connectivity index (χ0n) is 10.7. The van der Waals surface area contributed by atoms with Crippen LogP contribution >= 0.6 is 27.5 Å². The zero-order chi connectivity index (χ0) is 15.6. The normalized spacial score (nSPS) is 10.2. The fourth-order valence-corrected chi connectivity index (χ4v) is 2.30. The molecule has 108 valence electrons. The zero-order valence-corrected chi connectivity index (χ0v) is 13.0. The van der Waals surface area contributed by atoms with Crippen LogP contribution in [0.15, 0.2) is 34.9 Å². The fourth-order valence-electron chi connectivity index (χ4n) is 1.73. The predicted molar refractivity (Wildman–Crippen MR) is 80.4 cm³/mol. The van der Waals surface area contributed by atoms with Crippen LogP contribution < -0.4 is 0 Å². The van der Waals surface area contributed by atoms with Gasteiger partial charge in [0.2, 0.25) is 0 Å². The summed E-state index contributed by atoms with van der Waals surface area (Å²) in [4.78, 5) is 26.1. The third kappa shape index (κ3) is 3.20. The molecule has 0 aliphatic carbocycles. The van der Waals surface area contributed by atoms with Crippen LogP contribution in [0.25, 0.3) is 11.3 Å². The Hall–Kier alpha value is -1.99. The van der Waals surface area contributed by atoms with E-state index in [-0.39, 0.29) is 22.0 Å².